The van der Waals surface area contributed by atoms with Gasteiger partial charge in [0.15, 0.2) is 5.82 Å². The average molecular weight is 431 g/mol. The van der Waals surface area contributed by atoms with Crippen molar-refractivity contribution in [2.75, 3.05) is 19.0 Å². The van der Waals surface area contributed by atoms with E-state index in [1.54, 1.807) is 19.5 Å². The molecule has 0 amide bonds. The number of anilines is 1. The van der Waals surface area contributed by atoms with Gasteiger partial charge in [0, 0.05) is 29.4 Å². The van der Waals surface area contributed by atoms with E-state index in [0.29, 0.717) is 0 Å². The number of aromatic nitrogens is 3. The van der Waals surface area contributed by atoms with Gasteiger partial charge in [-0.15, -0.1) is 11.3 Å². The largest absolute Gasteiger partial charge is 0.496 e. The van der Waals surface area contributed by atoms with Crippen LogP contribution in [0.4, 0.5) is 5.82 Å². The molecular weight excluding hydrogens is 404 g/mol. The van der Waals surface area contributed by atoms with Gasteiger partial charge in [-0.1, -0.05) is 18.2 Å². The van der Waals surface area contributed by atoms with Crippen molar-refractivity contribution in [3.8, 4) is 17.1 Å². The molecule has 0 saturated heterocycles. The lowest BCUT2D eigenvalue weighted by atomic mass is 9.97. The van der Waals surface area contributed by atoms with Crippen molar-refractivity contribution in [3.63, 3.8) is 0 Å². The maximum Gasteiger partial charge on any atom is 0.163 e. The molecular formula is C25H26N4OS. The average Bonchev–Trinajstić information content (AvgIpc) is 3.21. The molecule has 0 bridgehead atoms. The number of pyridine rings is 1. The fourth-order valence-corrected chi connectivity index (χ4v) is 5.57. The second-order valence-electron chi connectivity index (χ2n) is 7.86. The van der Waals surface area contributed by atoms with E-state index < -0.39 is 0 Å². The monoisotopic (exact) mass is 430 g/mol. The zero-order valence-corrected chi connectivity index (χ0v) is 18.5. The number of para-hydroxylation sites is 1. The number of methoxy groups -OCH3 is 1. The summed E-state index contributed by atoms with van der Waals surface area (Å²) in [7, 11) is 1.73. The van der Waals surface area contributed by atoms with Crippen molar-refractivity contribution >= 4 is 27.4 Å². The van der Waals surface area contributed by atoms with Crippen molar-refractivity contribution < 1.29 is 4.74 Å². The second kappa shape index (κ2) is 9.02. The summed E-state index contributed by atoms with van der Waals surface area (Å²) in [5.74, 6) is 2.69. The minimum atomic E-state index is 0.765. The van der Waals surface area contributed by atoms with Crippen LogP contribution in [0.3, 0.4) is 0 Å². The smallest absolute Gasteiger partial charge is 0.163 e. The first-order valence-electron chi connectivity index (χ1n) is 10.9. The summed E-state index contributed by atoms with van der Waals surface area (Å²) in [6, 6.07) is 12.2. The Bertz CT molecular complexity index is 1190. The highest BCUT2D eigenvalue weighted by Gasteiger charge is 2.21. The topological polar surface area (TPSA) is 59.9 Å². The molecule has 1 aliphatic rings. The summed E-state index contributed by atoms with van der Waals surface area (Å²) >= 11 is 1.84. The molecule has 0 atom stereocenters. The van der Waals surface area contributed by atoms with Crippen molar-refractivity contribution in [1.82, 2.24) is 15.0 Å². The van der Waals surface area contributed by atoms with Gasteiger partial charge in [-0.25, -0.2) is 9.97 Å². The number of hydrogen-bond donors (Lipinski definition) is 1. The van der Waals surface area contributed by atoms with Gasteiger partial charge in [0.1, 0.15) is 16.4 Å². The van der Waals surface area contributed by atoms with E-state index in [9.17, 15) is 0 Å². The number of ether oxygens (including phenoxy) is 1. The predicted octanol–water partition coefficient (Wildman–Crippen LogP) is 5.69. The molecule has 1 N–H and O–H groups in total. The summed E-state index contributed by atoms with van der Waals surface area (Å²) in [6.45, 7) is 0.852. The molecule has 31 heavy (non-hydrogen) atoms. The van der Waals surface area contributed by atoms with Crippen LogP contribution in [0.1, 0.15) is 35.3 Å². The Hall–Kier alpha value is -2.99. The molecule has 0 unspecified atom stereocenters. The van der Waals surface area contributed by atoms with E-state index in [-0.39, 0.29) is 0 Å². The quantitative estimate of drug-likeness (QED) is 0.382. The van der Waals surface area contributed by atoms with Crippen LogP contribution in [0.2, 0.25) is 0 Å². The maximum atomic E-state index is 5.49. The lowest BCUT2D eigenvalue weighted by Crippen LogP contribution is -2.08. The van der Waals surface area contributed by atoms with Crippen molar-refractivity contribution in [2.24, 2.45) is 0 Å². The van der Waals surface area contributed by atoms with Gasteiger partial charge in [-0.2, -0.15) is 0 Å². The van der Waals surface area contributed by atoms with Crippen molar-refractivity contribution in [2.45, 2.75) is 38.5 Å². The van der Waals surface area contributed by atoms with E-state index in [0.717, 1.165) is 60.0 Å². The van der Waals surface area contributed by atoms with Gasteiger partial charge in [0.2, 0.25) is 0 Å². The number of nitrogens with one attached hydrogen (secondary N) is 1. The number of hydrogen-bond acceptors (Lipinski definition) is 6. The van der Waals surface area contributed by atoms with Gasteiger partial charge in [0.25, 0.3) is 0 Å². The Morgan fingerprint density at radius 2 is 1.87 bits per heavy atom. The van der Waals surface area contributed by atoms with E-state index >= 15 is 0 Å². The van der Waals surface area contributed by atoms with Crippen LogP contribution in [0.5, 0.6) is 5.75 Å². The molecule has 3 heterocycles. The first-order chi connectivity index (χ1) is 15.3. The Morgan fingerprint density at radius 1 is 1.03 bits per heavy atom. The van der Waals surface area contributed by atoms with Crippen molar-refractivity contribution in [1.29, 1.82) is 0 Å². The third kappa shape index (κ3) is 4.12. The zero-order valence-electron chi connectivity index (χ0n) is 17.7. The van der Waals surface area contributed by atoms with Crippen molar-refractivity contribution in [3.05, 3.63) is 64.8 Å². The second-order valence-corrected chi connectivity index (χ2v) is 8.95. The van der Waals surface area contributed by atoms with E-state index in [1.165, 1.54) is 34.2 Å². The maximum absolute atomic E-state index is 5.49. The molecule has 1 aromatic carbocycles. The molecule has 5 nitrogen and oxygen atoms in total. The highest BCUT2D eigenvalue weighted by Crippen LogP contribution is 2.39. The van der Waals surface area contributed by atoms with Gasteiger partial charge < -0.3 is 10.1 Å². The standard InChI is InChI=1S/C25H26N4OS/c1-30-20-10-4-2-7-17(20)8-6-14-27-24-22-19-9-3-5-11-21(19)31-25(22)29-23(28-24)18-12-15-26-16-13-18/h2,4,7,10,12-13,15-16H,3,5-6,8-9,11,14H2,1H3,(H,27,28,29). The van der Waals surface area contributed by atoms with Crippen LogP contribution in [-0.2, 0) is 19.3 Å². The number of aryl methyl sites for hydroxylation is 3. The SMILES string of the molecule is COc1ccccc1CCCNc1nc(-c2ccncc2)nc2sc3c(c12)CCCC3. The van der Waals surface area contributed by atoms with E-state index in [1.807, 2.05) is 35.6 Å². The number of benzene rings is 1. The molecule has 5 rings (SSSR count). The molecule has 6 heteroatoms. The summed E-state index contributed by atoms with van der Waals surface area (Å²) in [5.41, 5.74) is 3.70. The molecule has 158 valence electrons. The highest BCUT2D eigenvalue weighted by molar-refractivity contribution is 7.19. The van der Waals surface area contributed by atoms with Crippen LogP contribution >= 0.6 is 11.3 Å². The molecule has 0 aliphatic heterocycles. The van der Waals surface area contributed by atoms with E-state index in [2.05, 4.69) is 22.4 Å². The zero-order chi connectivity index (χ0) is 21.0. The third-order valence-electron chi connectivity index (χ3n) is 5.86. The first-order valence-corrected chi connectivity index (χ1v) is 11.7. The lowest BCUT2D eigenvalue weighted by Gasteiger charge is -2.14. The Labute approximate surface area is 186 Å². The van der Waals surface area contributed by atoms with Gasteiger partial charge in [-0.05, 0) is 67.9 Å². The minimum Gasteiger partial charge on any atom is -0.496 e. The van der Waals surface area contributed by atoms with Crippen LogP contribution in [0.15, 0.2) is 48.8 Å². The molecule has 0 spiro atoms. The minimum absolute atomic E-state index is 0.765. The third-order valence-corrected chi connectivity index (χ3v) is 7.05. The Kier molecular flexibility index (Phi) is 5.80. The van der Waals surface area contributed by atoms with Gasteiger partial charge in [0.05, 0.1) is 12.5 Å². The summed E-state index contributed by atoms with van der Waals surface area (Å²) in [6.07, 6.45) is 10.4. The Morgan fingerprint density at radius 3 is 2.74 bits per heavy atom. The number of nitrogens with zero attached hydrogens (tertiary/aromatic N) is 3. The summed E-state index contributed by atoms with van der Waals surface area (Å²) in [5, 5.41) is 4.87. The molecule has 4 aromatic rings. The predicted molar refractivity (Wildman–Crippen MR) is 127 cm³/mol. The van der Waals surface area contributed by atoms with E-state index in [4.69, 9.17) is 14.7 Å². The highest BCUT2D eigenvalue weighted by atomic mass is 32.1. The van der Waals surface area contributed by atoms with Crippen LogP contribution < -0.4 is 10.1 Å². The molecule has 0 saturated carbocycles. The first kappa shape index (κ1) is 19.9. The van der Waals surface area contributed by atoms with Gasteiger partial charge >= 0.3 is 0 Å². The van der Waals surface area contributed by atoms with Gasteiger partial charge in [-0.3, -0.25) is 4.98 Å². The fourth-order valence-electron chi connectivity index (χ4n) is 4.31. The van der Waals surface area contributed by atoms with Crippen LogP contribution in [-0.4, -0.2) is 28.6 Å². The van der Waals surface area contributed by atoms with Crippen LogP contribution in [0.25, 0.3) is 21.6 Å². The van der Waals surface area contributed by atoms with Crippen LogP contribution in [0, 0.1) is 0 Å². The molecule has 1 aliphatic carbocycles. The summed E-state index contributed by atoms with van der Waals surface area (Å²) in [4.78, 5) is 16.6. The lowest BCUT2D eigenvalue weighted by molar-refractivity contribution is 0.409. The Balaban J connectivity index is 1.42. The molecule has 0 radical (unpaired) electrons. The normalized spacial score (nSPS) is 13.2. The summed E-state index contributed by atoms with van der Waals surface area (Å²) < 4.78 is 5.49. The number of rotatable bonds is 7. The number of thiophene rings is 1. The molecule has 3 aromatic heterocycles. The fraction of sp³-hybridized carbons (Fsp3) is 0.320. The number of fused-ring (bicyclic) bond motifs is 3. The molecule has 0 fully saturated rings.